The molecule has 0 heterocycles. The summed E-state index contributed by atoms with van der Waals surface area (Å²) in [5, 5.41) is 9.68. The SMILES string of the molecule is Cc1ccc(C(CO)C(C)/C=C/c2ccccc2)cc1. The van der Waals surface area contributed by atoms with E-state index >= 15 is 0 Å². The molecular formula is C19H22O. The van der Waals surface area contributed by atoms with E-state index in [9.17, 15) is 5.11 Å². The average molecular weight is 266 g/mol. The molecule has 0 aliphatic carbocycles. The van der Waals surface area contributed by atoms with Crippen LogP contribution in [0.1, 0.15) is 29.5 Å². The molecule has 2 aromatic carbocycles. The summed E-state index contributed by atoms with van der Waals surface area (Å²) in [6, 6.07) is 18.7. The van der Waals surface area contributed by atoms with Crippen LogP contribution in [0.2, 0.25) is 0 Å². The van der Waals surface area contributed by atoms with Crippen LogP contribution in [0.3, 0.4) is 0 Å². The van der Waals surface area contributed by atoms with E-state index in [1.807, 2.05) is 18.2 Å². The first-order valence-electron chi connectivity index (χ1n) is 7.11. The van der Waals surface area contributed by atoms with Gasteiger partial charge in [0, 0.05) is 5.92 Å². The summed E-state index contributed by atoms with van der Waals surface area (Å²) in [6.45, 7) is 4.40. The lowest BCUT2D eigenvalue weighted by atomic mass is 9.87. The topological polar surface area (TPSA) is 20.2 Å². The molecule has 0 bridgehead atoms. The third kappa shape index (κ3) is 3.82. The molecule has 1 nitrogen and oxygen atoms in total. The Morgan fingerprint density at radius 1 is 1.00 bits per heavy atom. The van der Waals surface area contributed by atoms with E-state index in [1.54, 1.807) is 0 Å². The first-order valence-corrected chi connectivity index (χ1v) is 7.11. The Morgan fingerprint density at radius 3 is 2.25 bits per heavy atom. The van der Waals surface area contributed by atoms with E-state index in [0.717, 1.165) is 0 Å². The third-order valence-electron chi connectivity index (χ3n) is 3.73. The van der Waals surface area contributed by atoms with Crippen LogP contribution in [0.5, 0.6) is 0 Å². The predicted octanol–water partition coefficient (Wildman–Crippen LogP) is 4.42. The summed E-state index contributed by atoms with van der Waals surface area (Å²) in [6.07, 6.45) is 4.30. The third-order valence-corrected chi connectivity index (χ3v) is 3.73. The van der Waals surface area contributed by atoms with Gasteiger partial charge in [0.1, 0.15) is 0 Å². The molecule has 2 aromatic rings. The first-order chi connectivity index (χ1) is 9.70. The van der Waals surface area contributed by atoms with Crippen molar-refractivity contribution in [1.29, 1.82) is 0 Å². The number of benzene rings is 2. The second kappa shape index (κ2) is 7.06. The molecule has 0 saturated heterocycles. The Morgan fingerprint density at radius 2 is 1.65 bits per heavy atom. The van der Waals surface area contributed by atoms with Crippen LogP contribution < -0.4 is 0 Å². The van der Waals surface area contributed by atoms with Gasteiger partial charge in [-0.3, -0.25) is 0 Å². The summed E-state index contributed by atoms with van der Waals surface area (Å²) in [7, 11) is 0. The highest BCUT2D eigenvalue weighted by atomic mass is 16.3. The van der Waals surface area contributed by atoms with E-state index < -0.39 is 0 Å². The molecule has 2 atom stereocenters. The normalized spacial score (nSPS) is 14.3. The monoisotopic (exact) mass is 266 g/mol. The molecule has 1 heteroatoms. The summed E-state index contributed by atoms with van der Waals surface area (Å²) in [5.74, 6) is 0.443. The van der Waals surface area contributed by atoms with Crippen molar-refractivity contribution in [2.75, 3.05) is 6.61 Å². The predicted molar refractivity (Wildman–Crippen MR) is 85.6 cm³/mol. The van der Waals surface area contributed by atoms with Crippen LogP contribution in [-0.4, -0.2) is 11.7 Å². The zero-order chi connectivity index (χ0) is 14.4. The Kier molecular flexibility index (Phi) is 5.14. The fourth-order valence-corrected chi connectivity index (χ4v) is 2.35. The maximum Gasteiger partial charge on any atom is 0.0505 e. The average Bonchev–Trinajstić information content (AvgIpc) is 2.49. The lowest BCUT2D eigenvalue weighted by Crippen LogP contribution is -2.12. The highest BCUT2D eigenvalue weighted by molar-refractivity contribution is 5.49. The molecule has 0 radical (unpaired) electrons. The summed E-state index contributed by atoms with van der Waals surface area (Å²) in [4.78, 5) is 0. The minimum absolute atomic E-state index is 0.149. The van der Waals surface area contributed by atoms with E-state index in [2.05, 4.69) is 62.4 Å². The molecule has 0 spiro atoms. The van der Waals surface area contributed by atoms with Gasteiger partial charge in [0.25, 0.3) is 0 Å². The summed E-state index contributed by atoms with van der Waals surface area (Å²) >= 11 is 0. The van der Waals surface area contributed by atoms with Gasteiger partial charge in [-0.2, -0.15) is 0 Å². The van der Waals surface area contributed by atoms with Gasteiger partial charge in [-0.1, -0.05) is 79.2 Å². The van der Waals surface area contributed by atoms with Gasteiger partial charge in [0.05, 0.1) is 6.61 Å². The molecule has 104 valence electrons. The standard InChI is InChI=1S/C19H22O/c1-15-8-12-18(13-9-15)19(14-20)16(2)10-11-17-6-4-3-5-7-17/h3-13,16,19-20H,14H2,1-2H3/b11-10+. The van der Waals surface area contributed by atoms with Gasteiger partial charge in [-0.15, -0.1) is 0 Å². The van der Waals surface area contributed by atoms with Crippen molar-refractivity contribution in [3.05, 3.63) is 77.4 Å². The van der Waals surface area contributed by atoms with E-state index in [-0.39, 0.29) is 12.5 Å². The van der Waals surface area contributed by atoms with Gasteiger partial charge in [0.15, 0.2) is 0 Å². The smallest absolute Gasteiger partial charge is 0.0505 e. The summed E-state index contributed by atoms with van der Waals surface area (Å²) in [5.41, 5.74) is 3.64. The van der Waals surface area contributed by atoms with Gasteiger partial charge in [-0.25, -0.2) is 0 Å². The number of aryl methyl sites for hydroxylation is 1. The number of hydrogen-bond acceptors (Lipinski definition) is 1. The highest BCUT2D eigenvalue weighted by Gasteiger charge is 2.16. The maximum atomic E-state index is 9.68. The van der Waals surface area contributed by atoms with Crippen LogP contribution in [0, 0.1) is 12.8 Å². The Bertz CT molecular complexity index is 540. The van der Waals surface area contributed by atoms with Crippen molar-refractivity contribution in [3.63, 3.8) is 0 Å². The fraction of sp³-hybridized carbons (Fsp3) is 0.263. The maximum absolute atomic E-state index is 9.68. The van der Waals surface area contributed by atoms with Gasteiger partial charge in [-0.05, 0) is 24.0 Å². The van der Waals surface area contributed by atoms with Crippen LogP contribution in [0.25, 0.3) is 6.08 Å². The lowest BCUT2D eigenvalue weighted by molar-refractivity contribution is 0.245. The Labute approximate surface area is 121 Å². The van der Waals surface area contributed by atoms with Crippen LogP contribution in [0.15, 0.2) is 60.7 Å². The van der Waals surface area contributed by atoms with Crippen molar-refractivity contribution in [3.8, 4) is 0 Å². The zero-order valence-electron chi connectivity index (χ0n) is 12.2. The van der Waals surface area contributed by atoms with E-state index in [0.29, 0.717) is 5.92 Å². The Hall–Kier alpha value is -1.86. The minimum Gasteiger partial charge on any atom is -0.396 e. The van der Waals surface area contributed by atoms with Crippen molar-refractivity contribution in [1.82, 2.24) is 0 Å². The number of aliphatic hydroxyl groups excluding tert-OH is 1. The van der Waals surface area contributed by atoms with Crippen LogP contribution in [0.4, 0.5) is 0 Å². The summed E-state index contributed by atoms with van der Waals surface area (Å²) < 4.78 is 0. The fourth-order valence-electron chi connectivity index (χ4n) is 2.35. The van der Waals surface area contributed by atoms with E-state index in [1.165, 1.54) is 16.7 Å². The van der Waals surface area contributed by atoms with Crippen LogP contribution >= 0.6 is 0 Å². The molecule has 0 amide bonds. The number of rotatable bonds is 5. The highest BCUT2D eigenvalue weighted by Crippen LogP contribution is 2.26. The molecular weight excluding hydrogens is 244 g/mol. The van der Waals surface area contributed by atoms with Crippen molar-refractivity contribution >= 4 is 6.08 Å². The van der Waals surface area contributed by atoms with Crippen molar-refractivity contribution in [2.45, 2.75) is 19.8 Å². The van der Waals surface area contributed by atoms with Crippen LogP contribution in [-0.2, 0) is 0 Å². The lowest BCUT2D eigenvalue weighted by Gasteiger charge is -2.20. The minimum atomic E-state index is 0.149. The Balaban J connectivity index is 2.11. The van der Waals surface area contributed by atoms with Crippen molar-refractivity contribution in [2.24, 2.45) is 5.92 Å². The molecule has 0 saturated carbocycles. The van der Waals surface area contributed by atoms with Crippen molar-refractivity contribution < 1.29 is 5.11 Å². The largest absolute Gasteiger partial charge is 0.396 e. The quantitative estimate of drug-likeness (QED) is 0.849. The molecule has 0 aliphatic rings. The molecule has 2 unspecified atom stereocenters. The molecule has 1 N–H and O–H groups in total. The van der Waals surface area contributed by atoms with Gasteiger partial charge in [0.2, 0.25) is 0 Å². The van der Waals surface area contributed by atoms with E-state index in [4.69, 9.17) is 0 Å². The second-order valence-electron chi connectivity index (χ2n) is 5.33. The zero-order valence-corrected chi connectivity index (χ0v) is 12.2. The number of hydrogen-bond donors (Lipinski definition) is 1. The molecule has 0 aromatic heterocycles. The molecule has 0 aliphatic heterocycles. The molecule has 0 fully saturated rings. The number of allylic oxidation sites excluding steroid dienone is 1. The van der Waals surface area contributed by atoms with Gasteiger partial charge < -0.3 is 5.11 Å². The first kappa shape index (κ1) is 14.5. The molecule has 20 heavy (non-hydrogen) atoms. The second-order valence-corrected chi connectivity index (χ2v) is 5.33. The molecule has 2 rings (SSSR count). The van der Waals surface area contributed by atoms with Gasteiger partial charge >= 0.3 is 0 Å². The number of aliphatic hydroxyl groups is 1.